The number of pyridine rings is 1. The Hall–Kier alpha value is -3.35. The van der Waals surface area contributed by atoms with Crippen molar-refractivity contribution in [1.82, 2.24) is 5.43 Å². The molecular weight excluding hydrogens is 320 g/mol. The number of aromatic nitrogens is 1. The summed E-state index contributed by atoms with van der Waals surface area (Å²) in [5, 5.41) is 14.7. The Morgan fingerprint density at radius 1 is 1.36 bits per heavy atom. The molecule has 1 aromatic heterocycles. The van der Waals surface area contributed by atoms with E-state index in [-0.39, 0.29) is 18.1 Å². The van der Waals surface area contributed by atoms with Gasteiger partial charge in [0.1, 0.15) is 0 Å². The summed E-state index contributed by atoms with van der Waals surface area (Å²) in [6.07, 6.45) is 7.07. The Bertz CT molecular complexity index is 844. The lowest BCUT2D eigenvalue weighted by atomic mass is 10.2. The number of nitro groups is 1. The second kappa shape index (κ2) is 8.49. The number of nitro benzene ring substituents is 1. The first kappa shape index (κ1) is 18.0. The number of aryl methyl sites for hydroxylation is 1. The third-order valence-electron chi connectivity index (χ3n) is 3.29. The summed E-state index contributed by atoms with van der Waals surface area (Å²) < 4.78 is 1.77. The van der Waals surface area contributed by atoms with Gasteiger partial charge in [0, 0.05) is 23.8 Å². The molecule has 0 saturated carbocycles. The maximum absolute atomic E-state index is 11.9. The minimum absolute atomic E-state index is 0.0280. The zero-order chi connectivity index (χ0) is 18.2. The smallest absolute Gasteiger partial charge is 0.266 e. The van der Waals surface area contributed by atoms with Gasteiger partial charge in [0.2, 0.25) is 6.54 Å². The van der Waals surface area contributed by atoms with Gasteiger partial charge in [-0.1, -0.05) is 18.2 Å². The average Bonchev–Trinajstić information content (AvgIpc) is 2.58. The molecule has 2 rings (SSSR count). The summed E-state index contributed by atoms with van der Waals surface area (Å²) in [6.45, 7) is 3.86. The van der Waals surface area contributed by atoms with E-state index >= 15 is 0 Å². The van der Waals surface area contributed by atoms with E-state index in [2.05, 4.69) is 10.5 Å². The van der Waals surface area contributed by atoms with Crippen LogP contribution in [-0.2, 0) is 11.3 Å². The molecule has 1 N–H and O–H groups in total. The third-order valence-corrected chi connectivity index (χ3v) is 3.29. The van der Waals surface area contributed by atoms with Crippen LogP contribution in [0.15, 0.2) is 60.0 Å². The fraction of sp³-hybridized carbons (Fsp3) is 0.167. The summed E-state index contributed by atoms with van der Waals surface area (Å²) >= 11 is 0. The molecule has 0 atom stereocenters. The predicted octanol–water partition coefficient (Wildman–Crippen LogP) is 2.40. The maximum atomic E-state index is 11.9. The van der Waals surface area contributed by atoms with Gasteiger partial charge in [-0.15, -0.1) is 0 Å². The number of hydrogen-bond donors (Lipinski definition) is 1. The number of hydrogen-bond acceptors (Lipinski definition) is 4. The highest BCUT2D eigenvalue weighted by molar-refractivity contribution is 5.96. The number of benzene rings is 1. The van der Waals surface area contributed by atoms with Crippen molar-refractivity contribution < 1.29 is 14.3 Å². The van der Waals surface area contributed by atoms with Crippen LogP contribution in [0.25, 0.3) is 6.08 Å². The van der Waals surface area contributed by atoms with E-state index in [0.29, 0.717) is 11.3 Å². The lowest BCUT2D eigenvalue weighted by Crippen LogP contribution is -2.41. The number of carbonyl (C=O) groups is 1. The minimum atomic E-state index is -0.443. The molecule has 0 aliphatic rings. The minimum Gasteiger partial charge on any atom is -0.266 e. The Morgan fingerprint density at radius 3 is 2.88 bits per heavy atom. The van der Waals surface area contributed by atoms with E-state index < -0.39 is 4.92 Å². The molecule has 1 aromatic carbocycles. The van der Waals surface area contributed by atoms with Crippen molar-refractivity contribution in [3.8, 4) is 0 Å². The summed E-state index contributed by atoms with van der Waals surface area (Å²) in [5.74, 6) is -0.237. The normalized spacial score (nSPS) is 11.5. The van der Waals surface area contributed by atoms with Gasteiger partial charge in [-0.3, -0.25) is 14.9 Å². The molecule has 0 saturated heterocycles. The molecule has 0 spiro atoms. The highest BCUT2D eigenvalue weighted by Crippen LogP contribution is 2.14. The summed E-state index contributed by atoms with van der Waals surface area (Å²) in [5.41, 5.74) is 4.84. The van der Waals surface area contributed by atoms with Crippen molar-refractivity contribution in [3.05, 3.63) is 76.1 Å². The Balaban J connectivity index is 1.93. The van der Waals surface area contributed by atoms with Gasteiger partial charge < -0.3 is 0 Å². The van der Waals surface area contributed by atoms with Gasteiger partial charge in [-0.2, -0.15) is 9.67 Å². The van der Waals surface area contributed by atoms with Crippen molar-refractivity contribution >= 4 is 23.4 Å². The van der Waals surface area contributed by atoms with Gasteiger partial charge in [-0.25, -0.2) is 5.43 Å². The highest BCUT2D eigenvalue weighted by Gasteiger charge is 2.08. The van der Waals surface area contributed by atoms with Crippen molar-refractivity contribution in [2.45, 2.75) is 20.4 Å². The lowest BCUT2D eigenvalue weighted by Gasteiger charge is -1.99. The van der Waals surface area contributed by atoms with E-state index in [1.54, 1.807) is 35.8 Å². The number of carbonyl (C=O) groups excluding carboxylic acids is 1. The Kier molecular flexibility index (Phi) is 6.11. The predicted molar refractivity (Wildman–Crippen MR) is 94.8 cm³/mol. The molecule has 1 amide bonds. The van der Waals surface area contributed by atoms with E-state index in [9.17, 15) is 14.9 Å². The van der Waals surface area contributed by atoms with Crippen molar-refractivity contribution in [3.63, 3.8) is 0 Å². The van der Waals surface area contributed by atoms with Crippen LogP contribution in [0, 0.1) is 17.0 Å². The first-order valence-corrected chi connectivity index (χ1v) is 7.65. The number of hydrazone groups is 1. The van der Waals surface area contributed by atoms with Crippen LogP contribution in [0.1, 0.15) is 18.1 Å². The number of nitrogens with zero attached hydrogens (tertiary/aromatic N) is 3. The van der Waals surface area contributed by atoms with Crippen molar-refractivity contribution in [2.75, 3.05) is 0 Å². The largest absolute Gasteiger partial charge is 0.305 e. The van der Waals surface area contributed by atoms with Gasteiger partial charge in [0.05, 0.1) is 10.6 Å². The van der Waals surface area contributed by atoms with Crippen LogP contribution in [0.2, 0.25) is 0 Å². The first-order valence-electron chi connectivity index (χ1n) is 7.65. The molecule has 7 nitrogen and oxygen atoms in total. The number of allylic oxidation sites excluding steroid dienone is 1. The van der Waals surface area contributed by atoms with E-state index in [1.807, 2.05) is 31.5 Å². The molecular formula is C18H19N4O3+. The zero-order valence-corrected chi connectivity index (χ0v) is 14.0. The second-order valence-electron chi connectivity index (χ2n) is 5.53. The van der Waals surface area contributed by atoms with E-state index in [1.165, 1.54) is 12.1 Å². The summed E-state index contributed by atoms with van der Waals surface area (Å²) in [6, 6.07) is 10.1. The molecule has 0 radical (unpaired) electrons. The van der Waals surface area contributed by atoms with E-state index in [0.717, 1.165) is 5.56 Å². The second-order valence-corrected chi connectivity index (χ2v) is 5.53. The standard InChI is InChI=1S/C18H18N4O3/c1-14-5-4-10-21(12-14)13-18(23)20-19-15(2)8-9-16-6-3-7-17(11-16)22(24)25/h3-12H,13H2,1-2H3/p+1/b9-8+,19-15-. The molecule has 7 heteroatoms. The van der Waals surface area contributed by atoms with Crippen LogP contribution < -0.4 is 9.99 Å². The molecule has 0 fully saturated rings. The molecule has 0 unspecified atom stereocenters. The molecule has 0 aliphatic carbocycles. The van der Waals surface area contributed by atoms with Crippen LogP contribution in [0.3, 0.4) is 0 Å². The van der Waals surface area contributed by atoms with Crippen molar-refractivity contribution in [1.29, 1.82) is 0 Å². The lowest BCUT2D eigenvalue weighted by molar-refractivity contribution is -0.684. The number of amides is 1. The average molecular weight is 339 g/mol. The number of nitrogens with one attached hydrogen (secondary N) is 1. The number of non-ortho nitro benzene ring substituents is 1. The van der Waals surface area contributed by atoms with Crippen LogP contribution in [-0.4, -0.2) is 16.5 Å². The maximum Gasteiger partial charge on any atom is 0.305 e. The molecule has 25 heavy (non-hydrogen) atoms. The zero-order valence-electron chi connectivity index (χ0n) is 14.0. The van der Waals surface area contributed by atoms with Gasteiger partial charge >= 0.3 is 5.91 Å². The topological polar surface area (TPSA) is 88.5 Å². The van der Waals surface area contributed by atoms with Crippen LogP contribution in [0.5, 0.6) is 0 Å². The molecule has 0 aliphatic heterocycles. The van der Waals surface area contributed by atoms with Gasteiger partial charge in [0.15, 0.2) is 12.4 Å². The SMILES string of the molecule is CC(/C=C/c1cccc([N+](=O)[O-])c1)=N/NC(=O)C[n+]1cccc(C)c1. The monoisotopic (exact) mass is 339 g/mol. The molecule has 0 bridgehead atoms. The molecule has 2 aromatic rings. The molecule has 128 valence electrons. The Morgan fingerprint density at radius 2 is 2.16 bits per heavy atom. The van der Waals surface area contributed by atoms with Crippen LogP contribution >= 0.6 is 0 Å². The van der Waals surface area contributed by atoms with Gasteiger partial charge in [0.25, 0.3) is 5.69 Å². The fourth-order valence-corrected chi connectivity index (χ4v) is 2.10. The van der Waals surface area contributed by atoms with E-state index in [4.69, 9.17) is 0 Å². The van der Waals surface area contributed by atoms with Crippen molar-refractivity contribution in [2.24, 2.45) is 5.10 Å². The summed E-state index contributed by atoms with van der Waals surface area (Å²) in [7, 11) is 0. The quantitative estimate of drug-likeness (QED) is 0.379. The Labute approximate surface area is 145 Å². The van der Waals surface area contributed by atoms with Crippen LogP contribution in [0.4, 0.5) is 5.69 Å². The highest BCUT2D eigenvalue weighted by atomic mass is 16.6. The first-order chi connectivity index (χ1) is 11.9. The van der Waals surface area contributed by atoms with Gasteiger partial charge in [-0.05, 0) is 31.6 Å². The molecule has 1 heterocycles. The number of rotatable bonds is 6. The fourth-order valence-electron chi connectivity index (χ4n) is 2.10. The third kappa shape index (κ3) is 5.98. The summed E-state index contributed by atoms with van der Waals surface area (Å²) in [4.78, 5) is 22.2.